The molecule has 4 rings (SSSR count). The minimum atomic E-state index is -0.990. The van der Waals surface area contributed by atoms with Crippen molar-refractivity contribution in [1.82, 2.24) is 0 Å². The van der Waals surface area contributed by atoms with Crippen LogP contribution in [0.5, 0.6) is 0 Å². The number of ether oxygens (including phenoxy) is 3. The topological polar surface area (TPSA) is 135 Å². The highest BCUT2D eigenvalue weighted by Gasteiger charge is 2.44. The van der Waals surface area contributed by atoms with E-state index in [4.69, 9.17) is 19.9 Å². The maximum absolute atomic E-state index is 13.5. The zero-order valence-corrected chi connectivity index (χ0v) is 22.1. The highest BCUT2D eigenvalue weighted by atomic mass is 16.5. The number of allylic oxidation sites excluding steroid dienone is 1. The van der Waals surface area contributed by atoms with Gasteiger partial charge in [-0.25, -0.2) is 14.4 Å². The number of carbonyl (C=O) groups excluding carboxylic acids is 3. The van der Waals surface area contributed by atoms with Gasteiger partial charge in [0.2, 0.25) is 0 Å². The molecular weight excluding hydrogens is 500 g/mol. The van der Waals surface area contributed by atoms with E-state index in [1.165, 1.54) is 32.3 Å². The number of hydrogen-bond donors (Lipinski definition) is 1. The number of hydrogen-bond acceptors (Lipinski definition) is 10. The van der Waals surface area contributed by atoms with Gasteiger partial charge in [0.15, 0.2) is 0 Å². The van der Waals surface area contributed by atoms with Crippen molar-refractivity contribution < 1.29 is 28.6 Å². The van der Waals surface area contributed by atoms with Crippen LogP contribution in [-0.2, 0) is 23.8 Å². The zero-order valence-electron chi connectivity index (χ0n) is 22.1. The molecule has 2 aromatic carbocycles. The summed E-state index contributed by atoms with van der Waals surface area (Å²) in [6.07, 6.45) is 2.99. The van der Waals surface area contributed by atoms with Gasteiger partial charge in [0.05, 0.1) is 61.4 Å². The quantitative estimate of drug-likeness (QED) is 0.437. The molecule has 0 saturated carbocycles. The molecule has 10 nitrogen and oxygen atoms in total. The van der Waals surface area contributed by atoms with Gasteiger partial charge in [0.25, 0.3) is 0 Å². The number of carbonyl (C=O) groups is 3. The van der Waals surface area contributed by atoms with Crippen molar-refractivity contribution in [2.75, 3.05) is 44.2 Å². The number of nitrogens with zero attached hydrogens (tertiary/aromatic N) is 3. The van der Waals surface area contributed by atoms with Crippen molar-refractivity contribution >= 4 is 29.3 Å². The molecule has 1 unspecified atom stereocenters. The maximum Gasteiger partial charge on any atom is 0.355 e. The van der Waals surface area contributed by atoms with Crippen LogP contribution in [0, 0.1) is 11.3 Å². The number of methoxy groups -OCH3 is 3. The van der Waals surface area contributed by atoms with Gasteiger partial charge < -0.3 is 24.8 Å². The Kier molecular flexibility index (Phi) is 8.20. The molecule has 2 aliphatic heterocycles. The lowest BCUT2D eigenvalue weighted by molar-refractivity contribution is -0.139. The van der Waals surface area contributed by atoms with E-state index >= 15 is 0 Å². The molecule has 10 heteroatoms. The van der Waals surface area contributed by atoms with Gasteiger partial charge in [-0.1, -0.05) is 30.3 Å². The van der Waals surface area contributed by atoms with Crippen LogP contribution >= 0.6 is 0 Å². The van der Waals surface area contributed by atoms with Gasteiger partial charge in [0.1, 0.15) is 11.5 Å². The molecule has 0 amide bonds. The van der Waals surface area contributed by atoms with Crippen LogP contribution in [0.4, 0.5) is 11.4 Å². The molecule has 39 heavy (non-hydrogen) atoms. The molecule has 1 atom stereocenters. The van der Waals surface area contributed by atoms with Gasteiger partial charge >= 0.3 is 17.9 Å². The van der Waals surface area contributed by atoms with Gasteiger partial charge in [-0.15, -0.1) is 0 Å². The fourth-order valence-corrected chi connectivity index (χ4v) is 5.11. The van der Waals surface area contributed by atoms with E-state index in [9.17, 15) is 19.6 Å². The molecule has 1 saturated heterocycles. The Bertz CT molecular complexity index is 1390. The fourth-order valence-electron chi connectivity index (χ4n) is 5.11. The summed E-state index contributed by atoms with van der Waals surface area (Å²) < 4.78 is 15.2. The number of esters is 3. The summed E-state index contributed by atoms with van der Waals surface area (Å²) in [5, 5.41) is 10.3. The summed E-state index contributed by atoms with van der Waals surface area (Å²) in [4.78, 5) is 42.8. The fraction of sp³-hybridized carbons (Fsp3) is 0.310. The van der Waals surface area contributed by atoms with Crippen molar-refractivity contribution in [2.45, 2.75) is 25.2 Å². The van der Waals surface area contributed by atoms with Crippen LogP contribution < -0.4 is 15.5 Å². The standard InChI is InChI=1S/C29H30N4O6/c1-37-27(34)19-12-13-21(32-14-8-5-9-15-32)22(16-19)33-25(29(36)39-3)24(28(35)38-2)23(20(17-30)26(33)31)18-10-6-4-7-11-18/h4,6-7,10-13,16,23H,5,8-9,14-15,31H2,1-3H3. The molecule has 2 heterocycles. The second-order valence-electron chi connectivity index (χ2n) is 9.08. The van der Waals surface area contributed by atoms with E-state index in [0.717, 1.165) is 32.4 Å². The highest BCUT2D eigenvalue weighted by molar-refractivity contribution is 6.07. The normalized spacial score (nSPS) is 17.4. The highest BCUT2D eigenvalue weighted by Crippen LogP contribution is 2.46. The first-order valence-corrected chi connectivity index (χ1v) is 12.5. The van der Waals surface area contributed by atoms with E-state index in [1.807, 2.05) is 0 Å². The van der Waals surface area contributed by atoms with Crippen LogP contribution in [-0.4, -0.2) is 52.3 Å². The molecule has 0 aromatic heterocycles. The Balaban J connectivity index is 2.09. The lowest BCUT2D eigenvalue weighted by atomic mass is 9.80. The molecular formula is C29H30N4O6. The summed E-state index contributed by atoms with van der Waals surface area (Å²) in [5.74, 6) is -3.33. The van der Waals surface area contributed by atoms with E-state index < -0.39 is 23.8 Å². The summed E-state index contributed by atoms with van der Waals surface area (Å²) in [6, 6.07) is 15.9. The smallest absolute Gasteiger partial charge is 0.355 e. The first-order chi connectivity index (χ1) is 18.9. The van der Waals surface area contributed by atoms with Gasteiger partial charge in [-0.05, 0) is 43.0 Å². The lowest BCUT2D eigenvalue weighted by Gasteiger charge is -2.39. The van der Waals surface area contributed by atoms with Crippen LogP contribution in [0.2, 0.25) is 0 Å². The molecule has 2 aliphatic rings. The van der Waals surface area contributed by atoms with Crippen molar-refractivity contribution in [3.63, 3.8) is 0 Å². The van der Waals surface area contributed by atoms with Crippen LogP contribution in [0.25, 0.3) is 0 Å². The van der Waals surface area contributed by atoms with Crippen LogP contribution in [0.15, 0.2) is 71.2 Å². The first kappa shape index (κ1) is 27.3. The number of rotatable bonds is 6. The third-order valence-electron chi connectivity index (χ3n) is 6.94. The molecule has 0 bridgehead atoms. The van der Waals surface area contributed by atoms with Crippen LogP contribution in [0.3, 0.4) is 0 Å². The molecule has 2 aromatic rings. The molecule has 0 spiro atoms. The SMILES string of the molecule is COC(=O)C1=C(C(=O)OC)N(c2cc(C(=O)OC)ccc2N2CCCCC2)C(N)=C(C#N)C1c1ccccc1. The average molecular weight is 531 g/mol. The number of anilines is 2. The minimum Gasteiger partial charge on any atom is -0.466 e. The summed E-state index contributed by atoms with van der Waals surface area (Å²) >= 11 is 0. The van der Waals surface area contributed by atoms with E-state index in [-0.39, 0.29) is 28.2 Å². The maximum atomic E-state index is 13.5. The second kappa shape index (κ2) is 11.7. The largest absolute Gasteiger partial charge is 0.466 e. The van der Waals surface area contributed by atoms with Gasteiger partial charge in [-0.2, -0.15) is 5.26 Å². The summed E-state index contributed by atoms with van der Waals surface area (Å²) in [5.41, 5.74) is 8.21. The van der Waals surface area contributed by atoms with Gasteiger partial charge in [0, 0.05) is 13.1 Å². The zero-order chi connectivity index (χ0) is 28.1. The first-order valence-electron chi connectivity index (χ1n) is 12.5. The number of benzene rings is 2. The van der Waals surface area contributed by atoms with Crippen molar-refractivity contribution in [1.29, 1.82) is 5.26 Å². The van der Waals surface area contributed by atoms with Crippen LogP contribution in [0.1, 0.15) is 41.1 Å². The summed E-state index contributed by atoms with van der Waals surface area (Å²) in [7, 11) is 3.65. The molecule has 202 valence electrons. The molecule has 1 fully saturated rings. The second-order valence-corrected chi connectivity index (χ2v) is 9.08. The third kappa shape index (κ3) is 5.03. The minimum absolute atomic E-state index is 0.0438. The molecule has 2 N–H and O–H groups in total. The Morgan fingerprint density at radius 1 is 0.872 bits per heavy atom. The number of nitrogens with two attached hydrogens (primary N) is 1. The Morgan fingerprint density at radius 2 is 1.51 bits per heavy atom. The third-order valence-corrected chi connectivity index (χ3v) is 6.94. The van der Waals surface area contributed by atoms with E-state index in [0.29, 0.717) is 16.9 Å². The number of nitriles is 1. The van der Waals surface area contributed by atoms with E-state index in [2.05, 4.69) is 11.0 Å². The monoisotopic (exact) mass is 530 g/mol. The van der Waals surface area contributed by atoms with Gasteiger partial charge in [-0.3, -0.25) is 4.90 Å². The number of piperidine rings is 1. The Labute approximate surface area is 226 Å². The molecule has 0 aliphatic carbocycles. The van der Waals surface area contributed by atoms with E-state index in [1.54, 1.807) is 42.5 Å². The lowest BCUT2D eigenvalue weighted by Crippen LogP contribution is -2.42. The molecule has 0 radical (unpaired) electrons. The van der Waals surface area contributed by atoms with Crippen molar-refractivity contribution in [3.05, 3.63) is 82.3 Å². The van der Waals surface area contributed by atoms with Crippen molar-refractivity contribution in [2.24, 2.45) is 5.73 Å². The Hall–Kier alpha value is -4.78. The predicted octanol–water partition coefficient (Wildman–Crippen LogP) is 3.36. The average Bonchev–Trinajstić information content (AvgIpc) is 2.99. The predicted molar refractivity (Wildman–Crippen MR) is 143 cm³/mol. The summed E-state index contributed by atoms with van der Waals surface area (Å²) in [6.45, 7) is 1.47. The Morgan fingerprint density at radius 3 is 2.10 bits per heavy atom. The van der Waals surface area contributed by atoms with Crippen molar-refractivity contribution in [3.8, 4) is 6.07 Å².